The normalized spacial score (nSPS) is 29.1. The zero-order valence-electron chi connectivity index (χ0n) is 15.1. The Bertz CT molecular complexity index is 723. The minimum atomic E-state index is -0.806. The van der Waals surface area contributed by atoms with Gasteiger partial charge in [-0.1, -0.05) is 37.6 Å². The number of benzene rings is 1. The van der Waals surface area contributed by atoms with Crippen LogP contribution in [0.3, 0.4) is 0 Å². The molecule has 1 aliphatic carbocycles. The van der Waals surface area contributed by atoms with E-state index in [1.54, 1.807) is 23.1 Å². The number of rotatable bonds is 4. The van der Waals surface area contributed by atoms with Crippen molar-refractivity contribution in [1.29, 1.82) is 0 Å². The van der Waals surface area contributed by atoms with E-state index in [2.05, 4.69) is 11.5 Å². The molecule has 1 amide bonds. The highest BCUT2D eigenvalue weighted by Crippen LogP contribution is 2.45. The molecule has 2 atom stereocenters. The maximum Gasteiger partial charge on any atom is 0.313 e. The molecule has 2 heterocycles. The fourth-order valence-corrected chi connectivity index (χ4v) is 5.05. The molecular formula is C21H26N2O3. The summed E-state index contributed by atoms with van der Waals surface area (Å²) >= 11 is 0. The molecule has 2 saturated heterocycles. The Morgan fingerprint density at radius 2 is 1.81 bits per heavy atom. The Hall–Kier alpha value is -2.14. The van der Waals surface area contributed by atoms with Crippen LogP contribution in [0.15, 0.2) is 30.8 Å². The Labute approximate surface area is 154 Å². The van der Waals surface area contributed by atoms with Gasteiger partial charge in [0.1, 0.15) is 5.41 Å². The summed E-state index contributed by atoms with van der Waals surface area (Å²) in [5, 5.41) is 10.00. The summed E-state index contributed by atoms with van der Waals surface area (Å²) in [6, 6.07) is 7.86. The van der Waals surface area contributed by atoms with E-state index in [0.29, 0.717) is 31.2 Å². The van der Waals surface area contributed by atoms with Crippen molar-refractivity contribution in [2.75, 3.05) is 26.2 Å². The maximum absolute atomic E-state index is 12.9. The van der Waals surface area contributed by atoms with Gasteiger partial charge in [0.05, 0.1) is 0 Å². The molecule has 0 aromatic heterocycles. The zero-order valence-corrected chi connectivity index (χ0v) is 15.1. The zero-order chi connectivity index (χ0) is 18.3. The third-order valence-corrected chi connectivity index (χ3v) is 6.58. The van der Waals surface area contributed by atoms with Gasteiger partial charge in [-0.2, -0.15) is 0 Å². The first kappa shape index (κ1) is 17.3. The molecule has 2 aliphatic heterocycles. The number of carboxylic acid groups (broad SMARTS) is 1. The first-order chi connectivity index (χ1) is 12.5. The van der Waals surface area contributed by atoms with E-state index in [9.17, 15) is 14.7 Å². The van der Waals surface area contributed by atoms with Crippen molar-refractivity contribution < 1.29 is 14.7 Å². The van der Waals surface area contributed by atoms with Crippen molar-refractivity contribution in [2.45, 2.75) is 31.7 Å². The molecule has 1 saturated carbocycles. The monoisotopic (exact) mass is 354 g/mol. The third kappa shape index (κ3) is 2.75. The summed E-state index contributed by atoms with van der Waals surface area (Å²) < 4.78 is 0. The average molecular weight is 354 g/mol. The predicted octanol–water partition coefficient (Wildman–Crippen LogP) is 2.73. The SMILES string of the molecule is C=Cc1ccc(C(=O)N2CC3CN(C4CCCC4)C[C@]3(C(=O)O)C2)cc1. The van der Waals surface area contributed by atoms with Gasteiger partial charge in [-0.15, -0.1) is 0 Å². The van der Waals surface area contributed by atoms with E-state index in [4.69, 9.17) is 0 Å². The van der Waals surface area contributed by atoms with Crippen LogP contribution in [0.4, 0.5) is 0 Å². The van der Waals surface area contributed by atoms with E-state index in [1.165, 1.54) is 25.7 Å². The Kier molecular flexibility index (Phi) is 4.35. The first-order valence-corrected chi connectivity index (χ1v) is 9.53. The lowest BCUT2D eigenvalue weighted by Crippen LogP contribution is -2.43. The third-order valence-electron chi connectivity index (χ3n) is 6.58. The average Bonchev–Trinajstić information content (AvgIpc) is 3.35. The minimum absolute atomic E-state index is 0.0250. The van der Waals surface area contributed by atoms with E-state index < -0.39 is 11.4 Å². The van der Waals surface area contributed by atoms with Crippen LogP contribution in [0.25, 0.3) is 6.08 Å². The number of carboxylic acids is 1. The van der Waals surface area contributed by atoms with Crippen molar-refractivity contribution >= 4 is 18.0 Å². The molecule has 1 unspecified atom stereocenters. The van der Waals surface area contributed by atoms with Gasteiger partial charge in [-0.05, 0) is 30.5 Å². The Morgan fingerprint density at radius 1 is 1.12 bits per heavy atom. The van der Waals surface area contributed by atoms with Crippen LogP contribution in [-0.4, -0.2) is 59.0 Å². The molecule has 5 heteroatoms. The summed E-state index contributed by atoms with van der Waals surface area (Å²) in [6.45, 7) is 5.96. The van der Waals surface area contributed by atoms with Gasteiger partial charge in [-0.25, -0.2) is 0 Å². The Morgan fingerprint density at radius 3 is 2.38 bits per heavy atom. The molecule has 1 N–H and O–H groups in total. The molecule has 5 nitrogen and oxygen atoms in total. The maximum atomic E-state index is 12.9. The van der Waals surface area contributed by atoms with Crippen molar-refractivity contribution in [3.63, 3.8) is 0 Å². The van der Waals surface area contributed by atoms with Crippen molar-refractivity contribution in [2.24, 2.45) is 11.3 Å². The van der Waals surface area contributed by atoms with Crippen molar-refractivity contribution in [3.8, 4) is 0 Å². The summed E-state index contributed by atoms with van der Waals surface area (Å²) in [4.78, 5) is 29.2. The summed E-state index contributed by atoms with van der Waals surface area (Å²) in [5.41, 5.74) is 0.775. The molecule has 26 heavy (non-hydrogen) atoms. The number of carbonyl (C=O) groups is 2. The number of nitrogens with zero attached hydrogens (tertiary/aromatic N) is 2. The van der Waals surface area contributed by atoms with E-state index in [1.807, 2.05) is 12.1 Å². The second kappa shape index (κ2) is 6.54. The van der Waals surface area contributed by atoms with Crippen LogP contribution in [0, 0.1) is 11.3 Å². The number of likely N-dealkylation sites (tertiary alicyclic amines) is 2. The second-order valence-corrected chi connectivity index (χ2v) is 8.04. The van der Waals surface area contributed by atoms with Crippen LogP contribution < -0.4 is 0 Å². The molecule has 138 valence electrons. The van der Waals surface area contributed by atoms with Gasteiger partial charge in [0.25, 0.3) is 5.91 Å². The number of hydrogen-bond donors (Lipinski definition) is 1. The van der Waals surface area contributed by atoms with Gasteiger partial charge in [-0.3, -0.25) is 14.5 Å². The highest BCUT2D eigenvalue weighted by molar-refractivity contribution is 5.95. The smallest absolute Gasteiger partial charge is 0.313 e. The highest BCUT2D eigenvalue weighted by atomic mass is 16.4. The van der Waals surface area contributed by atoms with Crippen LogP contribution in [0.1, 0.15) is 41.6 Å². The highest BCUT2D eigenvalue weighted by Gasteiger charge is 2.59. The number of carbonyl (C=O) groups excluding carboxylic acids is 1. The van der Waals surface area contributed by atoms with Crippen molar-refractivity contribution in [3.05, 3.63) is 42.0 Å². The number of aliphatic carboxylic acids is 1. The van der Waals surface area contributed by atoms with Crippen LogP contribution in [-0.2, 0) is 4.79 Å². The minimum Gasteiger partial charge on any atom is -0.481 e. The quantitative estimate of drug-likeness (QED) is 0.903. The largest absolute Gasteiger partial charge is 0.481 e. The lowest BCUT2D eigenvalue weighted by Gasteiger charge is -2.28. The molecule has 0 bridgehead atoms. The van der Waals surface area contributed by atoms with Gasteiger partial charge >= 0.3 is 5.97 Å². The predicted molar refractivity (Wildman–Crippen MR) is 99.8 cm³/mol. The first-order valence-electron chi connectivity index (χ1n) is 9.53. The standard InChI is InChI=1S/C21H26N2O3/c1-2-15-7-9-16(10-8-15)19(24)23-12-17-11-22(18-5-3-4-6-18)13-21(17,14-23)20(25)26/h2,7-10,17-18H,1,3-6,11-14H2,(H,25,26)/t17?,21-/m0/s1. The van der Waals surface area contributed by atoms with Gasteiger partial charge in [0.2, 0.25) is 0 Å². The van der Waals surface area contributed by atoms with Gasteiger partial charge in [0, 0.05) is 43.7 Å². The summed E-state index contributed by atoms with van der Waals surface area (Å²) in [6.07, 6.45) is 6.60. The summed E-state index contributed by atoms with van der Waals surface area (Å²) in [7, 11) is 0. The lowest BCUT2D eigenvalue weighted by atomic mass is 9.81. The number of fused-ring (bicyclic) bond motifs is 1. The fraction of sp³-hybridized carbons (Fsp3) is 0.524. The molecule has 3 fully saturated rings. The Balaban J connectivity index is 1.51. The van der Waals surface area contributed by atoms with Gasteiger partial charge < -0.3 is 10.0 Å². The molecule has 1 aromatic rings. The number of amides is 1. The van der Waals surface area contributed by atoms with Gasteiger partial charge in [0.15, 0.2) is 0 Å². The van der Waals surface area contributed by atoms with E-state index >= 15 is 0 Å². The van der Waals surface area contributed by atoms with E-state index in [-0.39, 0.29) is 11.8 Å². The van der Waals surface area contributed by atoms with E-state index in [0.717, 1.165) is 12.1 Å². The fourth-order valence-electron chi connectivity index (χ4n) is 5.05. The number of hydrogen-bond acceptors (Lipinski definition) is 3. The molecule has 0 radical (unpaired) electrons. The van der Waals surface area contributed by atoms with Crippen molar-refractivity contribution in [1.82, 2.24) is 9.80 Å². The molecule has 4 rings (SSSR count). The van der Waals surface area contributed by atoms with Crippen LogP contribution in [0.2, 0.25) is 0 Å². The second-order valence-electron chi connectivity index (χ2n) is 8.04. The topological polar surface area (TPSA) is 60.9 Å². The molecule has 0 spiro atoms. The van der Waals surface area contributed by atoms with Crippen LogP contribution in [0.5, 0.6) is 0 Å². The van der Waals surface area contributed by atoms with Crippen LogP contribution >= 0.6 is 0 Å². The molecule has 1 aromatic carbocycles. The lowest BCUT2D eigenvalue weighted by molar-refractivity contribution is -0.148. The molecular weight excluding hydrogens is 328 g/mol. The molecule has 3 aliphatic rings. The summed E-state index contributed by atoms with van der Waals surface area (Å²) in [5.74, 6) is -0.791.